The van der Waals surface area contributed by atoms with Crippen molar-refractivity contribution in [1.29, 1.82) is 0 Å². The average molecular weight is 225 g/mol. The zero-order valence-corrected chi connectivity index (χ0v) is 9.33. The molecule has 0 saturated heterocycles. The van der Waals surface area contributed by atoms with Gasteiger partial charge in [0, 0.05) is 12.0 Å². The molecule has 0 aliphatic carbocycles. The number of hydrogen-bond donors (Lipinski definition) is 1. The molecule has 0 radical (unpaired) electrons. The van der Waals surface area contributed by atoms with E-state index in [1.165, 1.54) is 6.07 Å². The van der Waals surface area contributed by atoms with Gasteiger partial charge < -0.3 is 15.2 Å². The number of benzene rings is 1. The Bertz CT molecular complexity index is 382. The van der Waals surface area contributed by atoms with Crippen LogP contribution in [0.25, 0.3) is 0 Å². The summed E-state index contributed by atoms with van der Waals surface area (Å²) in [5.74, 6) is 0.520. The van der Waals surface area contributed by atoms with Gasteiger partial charge in [-0.05, 0) is 18.5 Å². The van der Waals surface area contributed by atoms with Crippen LogP contribution in [0.2, 0.25) is 0 Å². The fraction of sp³-hybridized carbons (Fsp3) is 0.500. The van der Waals surface area contributed by atoms with Gasteiger partial charge >= 0.3 is 0 Å². The normalized spacial score (nSPS) is 16.7. The number of rotatable bonds is 2. The zero-order chi connectivity index (χ0) is 11.5. The lowest BCUT2D eigenvalue weighted by Gasteiger charge is -2.16. The van der Waals surface area contributed by atoms with Crippen molar-refractivity contribution in [3.05, 3.63) is 23.5 Å². The first-order valence-corrected chi connectivity index (χ1v) is 5.52. The van der Waals surface area contributed by atoms with Gasteiger partial charge in [-0.2, -0.15) is 0 Å². The van der Waals surface area contributed by atoms with Crippen molar-refractivity contribution in [2.24, 2.45) is 5.73 Å². The number of fused-ring (bicyclic) bond motifs is 1. The van der Waals surface area contributed by atoms with E-state index < -0.39 is 0 Å². The lowest BCUT2D eigenvalue weighted by atomic mass is 9.99. The van der Waals surface area contributed by atoms with Crippen LogP contribution in [-0.2, 0) is 0 Å². The van der Waals surface area contributed by atoms with Crippen LogP contribution in [0, 0.1) is 5.82 Å². The second-order valence-electron chi connectivity index (χ2n) is 3.98. The fourth-order valence-corrected chi connectivity index (χ4v) is 1.76. The molecule has 0 fully saturated rings. The van der Waals surface area contributed by atoms with Crippen LogP contribution in [0.1, 0.15) is 24.8 Å². The van der Waals surface area contributed by atoms with Crippen molar-refractivity contribution in [1.82, 2.24) is 0 Å². The maximum absolute atomic E-state index is 13.6. The van der Waals surface area contributed by atoms with Crippen LogP contribution < -0.4 is 15.2 Å². The summed E-state index contributed by atoms with van der Waals surface area (Å²) in [4.78, 5) is 0. The molecule has 1 aromatic rings. The minimum absolute atomic E-state index is 0.135. The molecule has 1 aliphatic rings. The first-order valence-electron chi connectivity index (χ1n) is 5.52. The molecule has 0 bridgehead atoms. The van der Waals surface area contributed by atoms with Gasteiger partial charge in [0.1, 0.15) is 0 Å². The van der Waals surface area contributed by atoms with E-state index in [2.05, 4.69) is 0 Å². The lowest BCUT2D eigenvalue weighted by molar-refractivity contribution is 0.291. The summed E-state index contributed by atoms with van der Waals surface area (Å²) in [5.41, 5.74) is 6.54. The molecule has 1 unspecified atom stereocenters. The Morgan fingerprint density at radius 1 is 1.31 bits per heavy atom. The summed E-state index contributed by atoms with van der Waals surface area (Å²) in [6.07, 6.45) is 0.768. The van der Waals surface area contributed by atoms with E-state index in [0.29, 0.717) is 25.5 Å². The standard InChI is InChI=1S/C12H16FNO2/c1-8(7-14)9-3-4-10(13)12-11(9)15-5-2-6-16-12/h3-4,8H,2,5-7,14H2,1H3. The van der Waals surface area contributed by atoms with Gasteiger partial charge in [-0.15, -0.1) is 0 Å². The van der Waals surface area contributed by atoms with Gasteiger partial charge in [0.05, 0.1) is 13.2 Å². The van der Waals surface area contributed by atoms with Gasteiger partial charge in [-0.3, -0.25) is 0 Å². The van der Waals surface area contributed by atoms with Gasteiger partial charge in [-0.1, -0.05) is 13.0 Å². The van der Waals surface area contributed by atoms with E-state index in [4.69, 9.17) is 15.2 Å². The molecule has 1 aromatic carbocycles. The molecular weight excluding hydrogens is 209 g/mol. The van der Waals surface area contributed by atoms with E-state index in [1.54, 1.807) is 6.07 Å². The second-order valence-corrected chi connectivity index (χ2v) is 3.98. The molecule has 0 spiro atoms. The molecule has 88 valence electrons. The predicted octanol–water partition coefficient (Wildman–Crippen LogP) is 2.05. The van der Waals surface area contributed by atoms with E-state index in [1.807, 2.05) is 6.92 Å². The molecule has 1 aliphatic heterocycles. The Labute approximate surface area is 94.3 Å². The molecular formula is C12H16FNO2. The van der Waals surface area contributed by atoms with Crippen molar-refractivity contribution < 1.29 is 13.9 Å². The Morgan fingerprint density at radius 2 is 2.00 bits per heavy atom. The average Bonchev–Trinajstić information content (AvgIpc) is 2.55. The van der Waals surface area contributed by atoms with Crippen molar-refractivity contribution in [3.8, 4) is 11.5 Å². The zero-order valence-electron chi connectivity index (χ0n) is 9.33. The SMILES string of the molecule is CC(CN)c1ccc(F)c2c1OCCCO2. The third-order valence-electron chi connectivity index (χ3n) is 2.76. The molecule has 1 heterocycles. The number of halogens is 1. The topological polar surface area (TPSA) is 44.5 Å². The third-order valence-corrected chi connectivity index (χ3v) is 2.76. The second kappa shape index (κ2) is 4.70. The van der Waals surface area contributed by atoms with Crippen molar-refractivity contribution in [3.63, 3.8) is 0 Å². The van der Waals surface area contributed by atoms with Crippen LogP contribution >= 0.6 is 0 Å². The first kappa shape index (κ1) is 11.2. The summed E-state index contributed by atoms with van der Waals surface area (Å²) in [6, 6.07) is 3.13. The van der Waals surface area contributed by atoms with Crippen molar-refractivity contribution >= 4 is 0 Å². The summed E-state index contributed by atoms with van der Waals surface area (Å²) < 4.78 is 24.5. The Kier molecular flexibility index (Phi) is 3.29. The Morgan fingerprint density at radius 3 is 2.69 bits per heavy atom. The molecule has 2 N–H and O–H groups in total. The molecule has 2 rings (SSSR count). The maximum Gasteiger partial charge on any atom is 0.197 e. The molecule has 0 aromatic heterocycles. The van der Waals surface area contributed by atoms with Crippen LogP contribution in [0.15, 0.2) is 12.1 Å². The summed E-state index contributed by atoms with van der Waals surface area (Å²) in [7, 11) is 0. The number of ether oxygens (including phenoxy) is 2. The molecule has 4 heteroatoms. The van der Waals surface area contributed by atoms with Gasteiger partial charge in [0.25, 0.3) is 0 Å². The van der Waals surface area contributed by atoms with E-state index in [0.717, 1.165) is 12.0 Å². The van der Waals surface area contributed by atoms with Gasteiger partial charge in [0.15, 0.2) is 17.3 Å². The number of hydrogen-bond acceptors (Lipinski definition) is 3. The highest BCUT2D eigenvalue weighted by Gasteiger charge is 2.21. The quantitative estimate of drug-likeness (QED) is 0.837. The van der Waals surface area contributed by atoms with Crippen molar-refractivity contribution in [2.45, 2.75) is 19.3 Å². The molecule has 1 atom stereocenters. The highest BCUT2D eigenvalue weighted by molar-refractivity contribution is 5.49. The van der Waals surface area contributed by atoms with E-state index >= 15 is 0 Å². The highest BCUT2D eigenvalue weighted by atomic mass is 19.1. The Hall–Kier alpha value is -1.29. The van der Waals surface area contributed by atoms with Crippen LogP contribution in [-0.4, -0.2) is 19.8 Å². The van der Waals surface area contributed by atoms with Gasteiger partial charge in [-0.25, -0.2) is 4.39 Å². The van der Waals surface area contributed by atoms with Crippen LogP contribution in [0.4, 0.5) is 4.39 Å². The molecule has 3 nitrogen and oxygen atoms in total. The fourth-order valence-electron chi connectivity index (χ4n) is 1.76. The summed E-state index contributed by atoms with van der Waals surface area (Å²) in [6.45, 7) is 3.54. The summed E-state index contributed by atoms with van der Waals surface area (Å²) >= 11 is 0. The van der Waals surface area contributed by atoms with Crippen molar-refractivity contribution in [2.75, 3.05) is 19.8 Å². The highest BCUT2D eigenvalue weighted by Crippen LogP contribution is 2.39. The predicted molar refractivity (Wildman–Crippen MR) is 59.5 cm³/mol. The molecule has 0 amide bonds. The lowest BCUT2D eigenvalue weighted by Crippen LogP contribution is -2.11. The van der Waals surface area contributed by atoms with Crippen LogP contribution in [0.5, 0.6) is 11.5 Å². The number of nitrogens with two attached hydrogens (primary N) is 1. The largest absolute Gasteiger partial charge is 0.489 e. The molecule has 16 heavy (non-hydrogen) atoms. The third kappa shape index (κ3) is 1.97. The molecule has 0 saturated carbocycles. The Balaban J connectivity index is 2.47. The van der Waals surface area contributed by atoms with E-state index in [9.17, 15) is 4.39 Å². The monoisotopic (exact) mass is 225 g/mol. The van der Waals surface area contributed by atoms with Gasteiger partial charge in [0.2, 0.25) is 0 Å². The maximum atomic E-state index is 13.6. The van der Waals surface area contributed by atoms with Crippen LogP contribution in [0.3, 0.4) is 0 Å². The van der Waals surface area contributed by atoms with E-state index in [-0.39, 0.29) is 17.5 Å². The summed E-state index contributed by atoms with van der Waals surface area (Å²) in [5, 5.41) is 0. The minimum Gasteiger partial charge on any atom is -0.489 e. The smallest absolute Gasteiger partial charge is 0.197 e. The minimum atomic E-state index is -0.370. The first-order chi connectivity index (χ1) is 7.74.